The Morgan fingerprint density at radius 1 is 1.06 bits per heavy atom. The number of aromatic nitrogens is 3. The van der Waals surface area contributed by atoms with Crippen LogP contribution in [0.5, 0.6) is 5.75 Å². The molecular formula is C27H28N4O4S. The van der Waals surface area contributed by atoms with Crippen molar-refractivity contribution in [3.05, 3.63) is 77.6 Å². The number of hydrogen-bond acceptors (Lipinski definition) is 7. The Morgan fingerprint density at radius 3 is 2.72 bits per heavy atom. The third kappa shape index (κ3) is 6.04. The molecule has 186 valence electrons. The van der Waals surface area contributed by atoms with Crippen LogP contribution in [0.3, 0.4) is 0 Å². The number of ether oxygens (including phenoxy) is 2. The first kappa shape index (κ1) is 25.2. The molecule has 0 unspecified atom stereocenters. The lowest BCUT2D eigenvalue weighted by Crippen LogP contribution is -2.15. The van der Waals surface area contributed by atoms with E-state index in [4.69, 9.17) is 9.47 Å². The number of benzene rings is 3. The number of carbonyl (C=O) groups is 2. The van der Waals surface area contributed by atoms with Crippen LogP contribution >= 0.6 is 11.8 Å². The van der Waals surface area contributed by atoms with Crippen LogP contribution in [0, 0.1) is 6.92 Å². The van der Waals surface area contributed by atoms with Gasteiger partial charge in [-0.1, -0.05) is 55.1 Å². The summed E-state index contributed by atoms with van der Waals surface area (Å²) < 4.78 is 13.0. The number of hydrogen-bond donors (Lipinski definition) is 1. The Bertz CT molecular complexity index is 1390. The molecule has 1 amide bonds. The van der Waals surface area contributed by atoms with Crippen LogP contribution in [-0.2, 0) is 23.2 Å². The Kier molecular flexibility index (Phi) is 8.22. The third-order valence-corrected chi connectivity index (χ3v) is 6.60. The lowest BCUT2D eigenvalue weighted by Gasteiger charge is -2.11. The van der Waals surface area contributed by atoms with Crippen molar-refractivity contribution in [1.82, 2.24) is 14.8 Å². The van der Waals surface area contributed by atoms with Crippen molar-refractivity contribution in [2.45, 2.75) is 32.0 Å². The third-order valence-electron chi connectivity index (χ3n) is 5.58. The number of amides is 1. The predicted molar refractivity (Wildman–Crippen MR) is 140 cm³/mol. The minimum atomic E-state index is -0.407. The summed E-state index contributed by atoms with van der Waals surface area (Å²) in [6, 6.07) is 18.9. The van der Waals surface area contributed by atoms with E-state index in [1.807, 2.05) is 49.7 Å². The molecule has 0 aliphatic rings. The number of nitrogens with one attached hydrogen (secondary N) is 1. The zero-order valence-electron chi connectivity index (χ0n) is 20.5. The van der Waals surface area contributed by atoms with Crippen molar-refractivity contribution in [3.8, 4) is 5.75 Å². The second-order valence-corrected chi connectivity index (χ2v) is 9.15. The van der Waals surface area contributed by atoms with Crippen molar-refractivity contribution in [1.29, 1.82) is 0 Å². The summed E-state index contributed by atoms with van der Waals surface area (Å²) in [6.45, 7) is 4.59. The van der Waals surface area contributed by atoms with Gasteiger partial charge in [-0.3, -0.25) is 4.79 Å². The van der Waals surface area contributed by atoms with E-state index in [9.17, 15) is 9.59 Å². The maximum absolute atomic E-state index is 12.5. The van der Waals surface area contributed by atoms with Gasteiger partial charge in [0.15, 0.2) is 11.0 Å². The number of nitrogens with zero attached hydrogens (tertiary/aromatic N) is 3. The minimum Gasteiger partial charge on any atom is -0.485 e. The summed E-state index contributed by atoms with van der Waals surface area (Å²) in [5.74, 6) is 0.970. The highest BCUT2D eigenvalue weighted by molar-refractivity contribution is 7.99. The fraction of sp³-hybridized carbons (Fsp3) is 0.259. The van der Waals surface area contributed by atoms with Gasteiger partial charge in [-0.25, -0.2) is 4.79 Å². The van der Waals surface area contributed by atoms with Crippen LogP contribution in [0.2, 0.25) is 0 Å². The molecule has 4 rings (SSSR count). The first-order chi connectivity index (χ1) is 17.5. The molecule has 1 heterocycles. The van der Waals surface area contributed by atoms with Crippen molar-refractivity contribution in [3.63, 3.8) is 0 Å². The first-order valence-electron chi connectivity index (χ1n) is 11.7. The average molecular weight is 505 g/mol. The van der Waals surface area contributed by atoms with E-state index in [1.165, 1.54) is 17.1 Å². The molecule has 4 aromatic rings. The van der Waals surface area contributed by atoms with Crippen molar-refractivity contribution < 1.29 is 19.1 Å². The molecule has 1 aromatic heterocycles. The summed E-state index contributed by atoms with van der Waals surface area (Å²) in [7, 11) is 1.84. The minimum absolute atomic E-state index is 0.140. The quantitative estimate of drug-likeness (QED) is 0.236. The van der Waals surface area contributed by atoms with Gasteiger partial charge in [-0.15, -0.1) is 10.2 Å². The maximum atomic E-state index is 12.5. The molecule has 0 fully saturated rings. The SMILES string of the molecule is CCCOC(=O)c1cccc(NC(=O)CSc2nnc(COc3ccc4ccccc4c3C)n2C)c1. The van der Waals surface area contributed by atoms with Gasteiger partial charge in [0.05, 0.1) is 17.9 Å². The van der Waals surface area contributed by atoms with Crippen molar-refractivity contribution >= 4 is 40.1 Å². The largest absolute Gasteiger partial charge is 0.485 e. The number of rotatable bonds is 10. The van der Waals surface area contributed by atoms with E-state index >= 15 is 0 Å². The smallest absolute Gasteiger partial charge is 0.338 e. The Balaban J connectivity index is 1.32. The fourth-order valence-electron chi connectivity index (χ4n) is 3.63. The molecule has 0 atom stereocenters. The van der Waals surface area contributed by atoms with E-state index in [0.717, 1.165) is 23.1 Å². The molecule has 36 heavy (non-hydrogen) atoms. The van der Waals surface area contributed by atoms with Crippen LogP contribution in [0.15, 0.2) is 65.8 Å². The highest BCUT2D eigenvalue weighted by atomic mass is 32.2. The maximum Gasteiger partial charge on any atom is 0.338 e. The Morgan fingerprint density at radius 2 is 1.89 bits per heavy atom. The topological polar surface area (TPSA) is 95.3 Å². The van der Waals surface area contributed by atoms with Crippen molar-refractivity contribution in [2.24, 2.45) is 7.05 Å². The van der Waals surface area contributed by atoms with Crippen LogP contribution in [-0.4, -0.2) is 39.0 Å². The van der Waals surface area contributed by atoms with E-state index < -0.39 is 5.97 Å². The summed E-state index contributed by atoms with van der Waals surface area (Å²) in [6.07, 6.45) is 0.748. The fourth-order valence-corrected chi connectivity index (χ4v) is 4.36. The summed E-state index contributed by atoms with van der Waals surface area (Å²) >= 11 is 1.27. The number of anilines is 1. The average Bonchev–Trinajstić information content (AvgIpc) is 3.25. The molecule has 0 bridgehead atoms. The highest BCUT2D eigenvalue weighted by Gasteiger charge is 2.14. The zero-order chi connectivity index (χ0) is 25.5. The number of carbonyl (C=O) groups excluding carboxylic acids is 2. The molecule has 0 saturated carbocycles. The van der Waals surface area contributed by atoms with Gasteiger partial charge in [0, 0.05) is 12.7 Å². The molecule has 0 aliphatic carbocycles. The molecule has 0 aliphatic heterocycles. The predicted octanol–water partition coefficient (Wildman–Crippen LogP) is 5.15. The van der Waals surface area contributed by atoms with Crippen LogP contribution in [0.1, 0.15) is 35.1 Å². The number of esters is 1. The van der Waals surface area contributed by atoms with Crippen molar-refractivity contribution in [2.75, 3.05) is 17.7 Å². The number of fused-ring (bicyclic) bond motifs is 1. The summed E-state index contributed by atoms with van der Waals surface area (Å²) in [5, 5.41) is 14.2. The summed E-state index contributed by atoms with van der Waals surface area (Å²) in [4.78, 5) is 24.5. The van der Waals surface area contributed by atoms with Gasteiger partial charge >= 0.3 is 5.97 Å². The first-order valence-corrected chi connectivity index (χ1v) is 12.6. The normalized spacial score (nSPS) is 10.9. The molecule has 9 heteroatoms. The lowest BCUT2D eigenvalue weighted by atomic mass is 10.0. The van der Waals surface area contributed by atoms with Gasteiger partial charge in [0.1, 0.15) is 12.4 Å². The standard InChI is InChI=1S/C27H28N4O4S/c1-4-14-34-26(33)20-9-7-10-21(15-20)28-25(32)17-36-27-30-29-24(31(27)3)16-35-23-13-12-19-8-5-6-11-22(19)18(23)2/h5-13,15H,4,14,16-17H2,1-3H3,(H,28,32). The molecule has 8 nitrogen and oxygen atoms in total. The van der Waals surface area contributed by atoms with Gasteiger partial charge < -0.3 is 19.4 Å². The second-order valence-electron chi connectivity index (χ2n) is 8.21. The Hall–Kier alpha value is -3.85. The van der Waals surface area contributed by atoms with E-state index in [1.54, 1.807) is 24.3 Å². The molecule has 1 N–H and O–H groups in total. The van der Waals surface area contributed by atoms with E-state index in [2.05, 4.69) is 27.6 Å². The second kappa shape index (κ2) is 11.7. The van der Waals surface area contributed by atoms with Crippen LogP contribution in [0.25, 0.3) is 10.8 Å². The highest BCUT2D eigenvalue weighted by Crippen LogP contribution is 2.28. The molecule has 0 radical (unpaired) electrons. The van der Waals surface area contributed by atoms with Gasteiger partial charge in [0.25, 0.3) is 0 Å². The van der Waals surface area contributed by atoms with Crippen LogP contribution < -0.4 is 10.1 Å². The molecule has 0 spiro atoms. The summed E-state index contributed by atoms with van der Waals surface area (Å²) in [5.41, 5.74) is 2.00. The molecular weight excluding hydrogens is 476 g/mol. The molecule has 0 saturated heterocycles. The van der Waals surface area contributed by atoms with E-state index in [0.29, 0.717) is 28.8 Å². The van der Waals surface area contributed by atoms with Gasteiger partial charge in [-0.2, -0.15) is 0 Å². The van der Waals surface area contributed by atoms with Gasteiger partial charge in [0.2, 0.25) is 5.91 Å². The van der Waals surface area contributed by atoms with Crippen LogP contribution in [0.4, 0.5) is 5.69 Å². The monoisotopic (exact) mass is 504 g/mol. The molecule has 3 aromatic carbocycles. The van der Waals surface area contributed by atoms with Gasteiger partial charge in [-0.05, 0) is 53.9 Å². The zero-order valence-corrected chi connectivity index (χ0v) is 21.3. The van der Waals surface area contributed by atoms with E-state index in [-0.39, 0.29) is 18.3 Å². The Labute approximate surface area is 214 Å². The number of aryl methyl sites for hydroxylation is 1. The lowest BCUT2D eigenvalue weighted by molar-refractivity contribution is -0.113. The number of thioether (sulfide) groups is 1.